The highest BCUT2D eigenvalue weighted by molar-refractivity contribution is 6.30. The van der Waals surface area contributed by atoms with Crippen molar-refractivity contribution in [3.8, 4) is 0 Å². The van der Waals surface area contributed by atoms with E-state index in [1.165, 1.54) is 0 Å². The summed E-state index contributed by atoms with van der Waals surface area (Å²) in [7, 11) is 0. The van der Waals surface area contributed by atoms with Gasteiger partial charge in [0.2, 0.25) is 0 Å². The Balaban J connectivity index is 2.08. The number of rotatable bonds is 2. The van der Waals surface area contributed by atoms with E-state index in [9.17, 15) is 9.59 Å². The van der Waals surface area contributed by atoms with Crippen molar-refractivity contribution in [3.63, 3.8) is 0 Å². The number of piperidine rings is 1. The first-order chi connectivity index (χ1) is 11.0. The Kier molecular flexibility index (Phi) is 5.28. The molecule has 5 heteroatoms. The predicted octanol–water partition coefficient (Wildman–Crippen LogP) is 4.95. The summed E-state index contributed by atoms with van der Waals surface area (Å²) < 4.78 is 5.49. The number of hydrogen-bond acceptors (Lipinski definition) is 3. The normalized spacial score (nSPS) is 20.6. The van der Waals surface area contributed by atoms with Crippen LogP contribution >= 0.6 is 11.6 Å². The van der Waals surface area contributed by atoms with Gasteiger partial charge in [0.15, 0.2) is 5.78 Å². The number of amides is 1. The van der Waals surface area contributed by atoms with Crippen molar-refractivity contribution in [2.75, 3.05) is 6.54 Å². The molecule has 0 spiro atoms. The Morgan fingerprint density at radius 2 is 1.79 bits per heavy atom. The van der Waals surface area contributed by atoms with E-state index in [-0.39, 0.29) is 17.8 Å². The number of hydrogen-bond donors (Lipinski definition) is 0. The van der Waals surface area contributed by atoms with Gasteiger partial charge in [-0.05, 0) is 71.7 Å². The molecule has 0 saturated carbocycles. The van der Waals surface area contributed by atoms with Crippen LogP contribution in [0.3, 0.4) is 0 Å². The summed E-state index contributed by atoms with van der Waals surface area (Å²) in [5.41, 5.74) is -0.276. The summed E-state index contributed by atoms with van der Waals surface area (Å²) in [6.07, 6.45) is 0.947. The molecule has 1 heterocycles. The van der Waals surface area contributed by atoms with E-state index < -0.39 is 11.1 Å². The first kappa shape index (κ1) is 18.8. The fourth-order valence-corrected chi connectivity index (χ4v) is 3.26. The molecule has 1 aromatic rings. The van der Waals surface area contributed by atoms with E-state index >= 15 is 0 Å². The van der Waals surface area contributed by atoms with Gasteiger partial charge in [0.05, 0.1) is 0 Å². The number of halogens is 1. The van der Waals surface area contributed by atoms with Crippen LogP contribution in [0.15, 0.2) is 24.3 Å². The molecule has 1 atom stereocenters. The lowest BCUT2D eigenvalue weighted by molar-refractivity contribution is -0.0134. The van der Waals surface area contributed by atoms with Crippen LogP contribution in [-0.4, -0.2) is 34.5 Å². The minimum absolute atomic E-state index is 0.0973. The second-order valence-corrected chi connectivity index (χ2v) is 8.44. The van der Waals surface area contributed by atoms with Crippen molar-refractivity contribution in [2.45, 2.75) is 58.6 Å². The molecular weight excluding hydrogens is 326 g/mol. The third-order valence-electron chi connectivity index (χ3n) is 4.29. The fraction of sp³-hybridized carbons (Fsp3) is 0.579. The molecule has 132 valence electrons. The zero-order valence-electron chi connectivity index (χ0n) is 15.1. The monoisotopic (exact) mass is 351 g/mol. The summed E-state index contributed by atoms with van der Waals surface area (Å²) >= 11 is 5.88. The molecule has 1 saturated heterocycles. The Morgan fingerprint density at radius 3 is 2.29 bits per heavy atom. The zero-order chi connectivity index (χ0) is 18.1. The van der Waals surface area contributed by atoms with E-state index in [0.717, 1.165) is 0 Å². The van der Waals surface area contributed by atoms with Gasteiger partial charge >= 0.3 is 6.09 Å². The van der Waals surface area contributed by atoms with Gasteiger partial charge in [-0.15, -0.1) is 0 Å². The van der Waals surface area contributed by atoms with E-state index in [4.69, 9.17) is 16.3 Å². The molecular formula is C19H26ClNO3. The Hall–Kier alpha value is -1.55. The third-order valence-corrected chi connectivity index (χ3v) is 4.54. The van der Waals surface area contributed by atoms with Crippen LogP contribution in [0.4, 0.5) is 4.79 Å². The lowest BCUT2D eigenvalue weighted by Crippen LogP contribution is -2.55. The van der Waals surface area contributed by atoms with Crippen molar-refractivity contribution in [2.24, 2.45) is 5.92 Å². The molecule has 1 unspecified atom stereocenters. The predicted molar refractivity (Wildman–Crippen MR) is 95.5 cm³/mol. The maximum Gasteiger partial charge on any atom is 0.410 e. The van der Waals surface area contributed by atoms with Crippen molar-refractivity contribution >= 4 is 23.5 Å². The maximum atomic E-state index is 12.7. The molecule has 0 aliphatic carbocycles. The van der Waals surface area contributed by atoms with E-state index in [1.54, 1.807) is 29.2 Å². The van der Waals surface area contributed by atoms with Gasteiger partial charge in [0.25, 0.3) is 0 Å². The van der Waals surface area contributed by atoms with Crippen LogP contribution in [-0.2, 0) is 4.74 Å². The second-order valence-electron chi connectivity index (χ2n) is 8.01. The molecule has 1 aliphatic heterocycles. The summed E-state index contributed by atoms with van der Waals surface area (Å²) in [4.78, 5) is 26.9. The van der Waals surface area contributed by atoms with Crippen LogP contribution < -0.4 is 0 Å². The smallest absolute Gasteiger partial charge is 0.410 e. The average molecular weight is 352 g/mol. The van der Waals surface area contributed by atoms with Crippen molar-refractivity contribution in [1.29, 1.82) is 0 Å². The van der Waals surface area contributed by atoms with Crippen LogP contribution in [0.2, 0.25) is 5.02 Å². The Morgan fingerprint density at radius 1 is 1.21 bits per heavy atom. The standard InChI is InChI=1S/C19H26ClNO3/c1-18(2,3)24-17(23)21-11-10-14(12-19(21,4)5)16(22)13-6-8-15(20)9-7-13/h6-9,14H,10-12H2,1-5H3. The average Bonchev–Trinajstić information content (AvgIpc) is 2.44. The summed E-state index contributed by atoms with van der Waals surface area (Å²) in [5, 5.41) is 0.617. The molecule has 0 N–H and O–H groups in total. The van der Waals surface area contributed by atoms with Crippen LogP contribution in [0, 0.1) is 5.92 Å². The number of carbonyl (C=O) groups is 2. The molecule has 0 aromatic heterocycles. The van der Waals surface area contributed by atoms with Crippen molar-refractivity contribution < 1.29 is 14.3 Å². The number of nitrogens with zero attached hydrogens (tertiary/aromatic N) is 1. The van der Waals surface area contributed by atoms with Crippen molar-refractivity contribution in [1.82, 2.24) is 4.90 Å². The van der Waals surface area contributed by atoms with Gasteiger partial charge in [-0.3, -0.25) is 4.79 Å². The molecule has 1 aliphatic rings. The van der Waals surface area contributed by atoms with Crippen LogP contribution in [0.25, 0.3) is 0 Å². The van der Waals surface area contributed by atoms with Crippen molar-refractivity contribution in [3.05, 3.63) is 34.9 Å². The molecule has 24 heavy (non-hydrogen) atoms. The molecule has 1 aromatic carbocycles. The number of benzene rings is 1. The van der Waals surface area contributed by atoms with Gasteiger partial charge in [-0.1, -0.05) is 11.6 Å². The minimum atomic E-state index is -0.525. The highest BCUT2D eigenvalue weighted by atomic mass is 35.5. The van der Waals surface area contributed by atoms with Gasteiger partial charge < -0.3 is 9.64 Å². The van der Waals surface area contributed by atoms with E-state index in [0.29, 0.717) is 30.0 Å². The lowest BCUT2D eigenvalue weighted by Gasteiger charge is -2.45. The fourth-order valence-electron chi connectivity index (χ4n) is 3.13. The molecule has 0 radical (unpaired) electrons. The molecule has 1 fully saturated rings. The number of Topliss-reactive ketones (excluding diaryl/α,β-unsaturated/α-hetero) is 1. The highest BCUT2D eigenvalue weighted by Gasteiger charge is 2.41. The molecule has 0 bridgehead atoms. The number of likely N-dealkylation sites (tertiary alicyclic amines) is 1. The maximum absolute atomic E-state index is 12.7. The van der Waals surface area contributed by atoms with Gasteiger partial charge in [-0.2, -0.15) is 0 Å². The largest absolute Gasteiger partial charge is 0.444 e. The summed E-state index contributed by atoms with van der Waals surface area (Å²) in [6.45, 7) is 10.1. The van der Waals surface area contributed by atoms with Crippen LogP contribution in [0.5, 0.6) is 0 Å². The summed E-state index contributed by atoms with van der Waals surface area (Å²) in [6, 6.07) is 6.99. The van der Waals surface area contributed by atoms with Gasteiger partial charge in [0.1, 0.15) is 5.60 Å². The Labute approximate surface area is 149 Å². The second kappa shape index (κ2) is 6.75. The lowest BCUT2D eigenvalue weighted by atomic mass is 9.79. The van der Waals surface area contributed by atoms with Gasteiger partial charge in [-0.25, -0.2) is 4.79 Å². The number of carbonyl (C=O) groups excluding carboxylic acids is 2. The van der Waals surface area contributed by atoms with E-state index in [1.807, 2.05) is 34.6 Å². The third kappa shape index (κ3) is 4.50. The quantitative estimate of drug-likeness (QED) is 0.708. The van der Waals surface area contributed by atoms with E-state index in [2.05, 4.69) is 0 Å². The number of ketones is 1. The first-order valence-electron chi connectivity index (χ1n) is 8.30. The first-order valence-corrected chi connectivity index (χ1v) is 8.68. The minimum Gasteiger partial charge on any atom is -0.444 e. The SMILES string of the molecule is CC(C)(C)OC(=O)N1CCC(C(=O)c2ccc(Cl)cc2)CC1(C)C. The highest BCUT2D eigenvalue weighted by Crippen LogP contribution is 2.34. The topological polar surface area (TPSA) is 46.6 Å². The molecule has 2 rings (SSSR count). The molecule has 1 amide bonds. The zero-order valence-corrected chi connectivity index (χ0v) is 15.8. The van der Waals surface area contributed by atoms with Gasteiger partial charge in [0, 0.05) is 28.6 Å². The summed E-state index contributed by atoms with van der Waals surface area (Å²) in [5.74, 6) is 0.0171. The number of ether oxygens (including phenoxy) is 1. The molecule has 4 nitrogen and oxygen atoms in total. The van der Waals surface area contributed by atoms with Crippen LogP contribution in [0.1, 0.15) is 57.8 Å². The Bertz CT molecular complexity index is 616.